The van der Waals surface area contributed by atoms with E-state index in [2.05, 4.69) is 0 Å². The molecule has 2 aromatic carbocycles. The molecule has 0 saturated carbocycles. The van der Waals surface area contributed by atoms with Crippen LogP contribution >= 0.6 is 0 Å². The van der Waals surface area contributed by atoms with E-state index in [9.17, 15) is 4.79 Å². The van der Waals surface area contributed by atoms with E-state index in [1.807, 2.05) is 30.3 Å². The minimum absolute atomic E-state index is 0.196. The Morgan fingerprint density at radius 3 is 2.08 bits per heavy atom. The molecular formula is C19H24N2O4. The summed E-state index contributed by atoms with van der Waals surface area (Å²) in [6, 6.07) is 12.5. The van der Waals surface area contributed by atoms with Crippen molar-refractivity contribution in [3.8, 4) is 17.2 Å². The van der Waals surface area contributed by atoms with Gasteiger partial charge in [0.25, 0.3) is 0 Å². The van der Waals surface area contributed by atoms with Gasteiger partial charge in [-0.3, -0.25) is 4.79 Å². The van der Waals surface area contributed by atoms with Crippen molar-refractivity contribution in [1.29, 1.82) is 0 Å². The zero-order valence-corrected chi connectivity index (χ0v) is 15.0. The van der Waals surface area contributed by atoms with Crippen molar-refractivity contribution in [3.05, 3.63) is 48.0 Å². The smallest absolute Gasteiger partial charge is 0.243 e. The van der Waals surface area contributed by atoms with E-state index in [4.69, 9.17) is 19.9 Å². The van der Waals surface area contributed by atoms with Gasteiger partial charge in [-0.05, 0) is 12.0 Å². The standard InChI is InChI=1S/C19H24N2O4/c1-21(19(22)15(20)10-13-8-6-5-7-9-13)14-11-16(23-2)18(25-4)17(12-14)24-3/h5-9,11-12,15H,10,20H2,1-4H3/t15-/m0/s1. The summed E-state index contributed by atoms with van der Waals surface area (Å²) < 4.78 is 16.0. The second-order valence-electron chi connectivity index (χ2n) is 5.58. The largest absolute Gasteiger partial charge is 0.493 e. The lowest BCUT2D eigenvalue weighted by Crippen LogP contribution is -2.43. The Kier molecular flexibility index (Phi) is 6.25. The summed E-state index contributed by atoms with van der Waals surface area (Å²) in [7, 11) is 6.27. The average Bonchev–Trinajstić information content (AvgIpc) is 2.66. The molecule has 2 aromatic rings. The lowest BCUT2D eigenvalue weighted by molar-refractivity contribution is -0.119. The van der Waals surface area contributed by atoms with Crippen molar-refractivity contribution in [2.24, 2.45) is 5.73 Å². The summed E-state index contributed by atoms with van der Waals surface area (Å²) in [6.45, 7) is 0. The summed E-state index contributed by atoms with van der Waals surface area (Å²) in [5.74, 6) is 1.24. The van der Waals surface area contributed by atoms with Gasteiger partial charge < -0.3 is 24.8 Å². The number of carbonyl (C=O) groups excluding carboxylic acids is 1. The molecule has 0 aromatic heterocycles. The van der Waals surface area contributed by atoms with Crippen LogP contribution in [-0.4, -0.2) is 40.3 Å². The van der Waals surface area contributed by atoms with Gasteiger partial charge in [-0.15, -0.1) is 0 Å². The first-order valence-corrected chi connectivity index (χ1v) is 7.88. The van der Waals surface area contributed by atoms with Crippen LogP contribution in [0, 0.1) is 0 Å². The number of nitrogens with zero attached hydrogens (tertiary/aromatic N) is 1. The molecule has 1 amide bonds. The summed E-state index contributed by atoms with van der Waals surface area (Å²) in [4.78, 5) is 14.2. The molecule has 0 radical (unpaired) electrons. The van der Waals surface area contributed by atoms with Crippen molar-refractivity contribution in [2.75, 3.05) is 33.3 Å². The minimum Gasteiger partial charge on any atom is -0.493 e. The maximum Gasteiger partial charge on any atom is 0.243 e. The predicted molar refractivity (Wildman–Crippen MR) is 97.6 cm³/mol. The molecule has 0 unspecified atom stereocenters. The minimum atomic E-state index is -0.647. The molecule has 0 saturated heterocycles. The van der Waals surface area contributed by atoms with Crippen LogP contribution in [-0.2, 0) is 11.2 Å². The second kappa shape index (κ2) is 8.39. The monoisotopic (exact) mass is 344 g/mol. The van der Waals surface area contributed by atoms with Crippen LogP contribution < -0.4 is 24.8 Å². The zero-order valence-electron chi connectivity index (χ0n) is 15.0. The van der Waals surface area contributed by atoms with Crippen molar-refractivity contribution in [2.45, 2.75) is 12.5 Å². The van der Waals surface area contributed by atoms with Crippen LogP contribution in [0.5, 0.6) is 17.2 Å². The maximum atomic E-state index is 12.7. The average molecular weight is 344 g/mol. The van der Waals surface area contributed by atoms with E-state index < -0.39 is 6.04 Å². The van der Waals surface area contributed by atoms with Crippen molar-refractivity contribution < 1.29 is 19.0 Å². The fourth-order valence-corrected chi connectivity index (χ4v) is 2.59. The van der Waals surface area contributed by atoms with Crippen molar-refractivity contribution in [3.63, 3.8) is 0 Å². The first-order valence-electron chi connectivity index (χ1n) is 7.88. The molecular weight excluding hydrogens is 320 g/mol. The lowest BCUT2D eigenvalue weighted by atomic mass is 10.1. The number of ether oxygens (including phenoxy) is 3. The number of amides is 1. The summed E-state index contributed by atoms with van der Waals surface area (Å²) in [5.41, 5.74) is 7.74. The van der Waals surface area contributed by atoms with Gasteiger partial charge in [-0.2, -0.15) is 0 Å². The van der Waals surface area contributed by atoms with Gasteiger partial charge in [-0.1, -0.05) is 30.3 Å². The summed E-state index contributed by atoms with van der Waals surface area (Å²) >= 11 is 0. The number of carbonyl (C=O) groups is 1. The molecule has 2 N–H and O–H groups in total. The SMILES string of the molecule is COc1cc(N(C)C(=O)[C@@H](N)Cc2ccccc2)cc(OC)c1OC. The van der Waals surface area contributed by atoms with Crippen LogP contribution in [0.25, 0.3) is 0 Å². The first kappa shape index (κ1) is 18.6. The third-order valence-electron chi connectivity index (χ3n) is 3.98. The van der Waals surface area contributed by atoms with Gasteiger partial charge in [0.2, 0.25) is 11.7 Å². The molecule has 0 aliphatic rings. The van der Waals surface area contributed by atoms with Gasteiger partial charge in [0.15, 0.2) is 11.5 Å². The highest BCUT2D eigenvalue weighted by molar-refractivity contribution is 5.97. The number of hydrogen-bond acceptors (Lipinski definition) is 5. The van der Waals surface area contributed by atoms with Crippen LogP contribution in [0.1, 0.15) is 5.56 Å². The van der Waals surface area contributed by atoms with Gasteiger partial charge >= 0.3 is 0 Å². The fourth-order valence-electron chi connectivity index (χ4n) is 2.59. The zero-order chi connectivity index (χ0) is 18.4. The highest BCUT2D eigenvalue weighted by atomic mass is 16.5. The number of hydrogen-bond donors (Lipinski definition) is 1. The van der Waals surface area contributed by atoms with Crippen LogP contribution in [0.4, 0.5) is 5.69 Å². The van der Waals surface area contributed by atoms with Crippen molar-refractivity contribution in [1.82, 2.24) is 0 Å². The first-order chi connectivity index (χ1) is 12.0. The normalized spacial score (nSPS) is 11.6. The number of anilines is 1. The Labute approximate surface area is 148 Å². The van der Waals surface area contributed by atoms with E-state index in [0.717, 1.165) is 5.56 Å². The number of nitrogens with two attached hydrogens (primary N) is 1. The van der Waals surface area contributed by atoms with E-state index in [-0.39, 0.29) is 5.91 Å². The molecule has 0 bridgehead atoms. The molecule has 2 rings (SSSR count). The molecule has 6 heteroatoms. The molecule has 0 fully saturated rings. The fraction of sp³-hybridized carbons (Fsp3) is 0.316. The molecule has 0 heterocycles. The Bertz CT molecular complexity index is 694. The molecule has 134 valence electrons. The highest BCUT2D eigenvalue weighted by Crippen LogP contribution is 2.40. The van der Waals surface area contributed by atoms with Gasteiger partial charge in [0, 0.05) is 19.2 Å². The maximum absolute atomic E-state index is 12.7. The van der Waals surface area contributed by atoms with Gasteiger partial charge in [0.1, 0.15) is 0 Å². The third-order valence-corrected chi connectivity index (χ3v) is 3.98. The lowest BCUT2D eigenvalue weighted by Gasteiger charge is -2.23. The molecule has 6 nitrogen and oxygen atoms in total. The second-order valence-corrected chi connectivity index (χ2v) is 5.58. The molecule has 1 atom stereocenters. The predicted octanol–water partition coefficient (Wildman–Crippen LogP) is 2.25. The molecule has 0 aliphatic heterocycles. The van der Waals surface area contributed by atoms with Crippen LogP contribution in [0.15, 0.2) is 42.5 Å². The Hall–Kier alpha value is -2.73. The topological polar surface area (TPSA) is 74.0 Å². The third kappa shape index (κ3) is 4.22. The Balaban J connectivity index is 2.23. The highest BCUT2D eigenvalue weighted by Gasteiger charge is 2.22. The summed E-state index contributed by atoms with van der Waals surface area (Å²) in [6.07, 6.45) is 0.467. The quantitative estimate of drug-likeness (QED) is 0.834. The van der Waals surface area contributed by atoms with E-state index >= 15 is 0 Å². The Morgan fingerprint density at radius 1 is 1.04 bits per heavy atom. The van der Waals surface area contributed by atoms with Crippen molar-refractivity contribution >= 4 is 11.6 Å². The van der Waals surface area contributed by atoms with E-state index in [1.165, 1.54) is 26.2 Å². The number of likely N-dealkylation sites (N-methyl/N-ethyl adjacent to an activating group) is 1. The number of benzene rings is 2. The molecule has 0 spiro atoms. The van der Waals surface area contributed by atoms with Crippen LogP contribution in [0.2, 0.25) is 0 Å². The van der Waals surface area contributed by atoms with Crippen LogP contribution in [0.3, 0.4) is 0 Å². The molecule has 25 heavy (non-hydrogen) atoms. The Morgan fingerprint density at radius 2 is 1.60 bits per heavy atom. The number of methoxy groups -OCH3 is 3. The van der Waals surface area contributed by atoms with E-state index in [1.54, 1.807) is 19.2 Å². The van der Waals surface area contributed by atoms with Gasteiger partial charge in [0.05, 0.1) is 33.1 Å². The number of rotatable bonds is 7. The van der Waals surface area contributed by atoms with Gasteiger partial charge in [-0.25, -0.2) is 0 Å². The summed E-state index contributed by atoms with van der Waals surface area (Å²) in [5, 5.41) is 0. The molecule has 0 aliphatic carbocycles. The van der Waals surface area contributed by atoms with E-state index in [0.29, 0.717) is 29.4 Å².